The Bertz CT molecular complexity index is 372. The Morgan fingerprint density at radius 1 is 1.09 bits per heavy atom. The Labute approximate surface area is 143 Å². The van der Waals surface area contributed by atoms with Gasteiger partial charge in [0.15, 0.2) is 0 Å². The molecule has 2 fully saturated rings. The number of allylic oxidation sites excluding steroid dienone is 2. The standard InChI is InChI=1S/C21H38O2/c1-20(2,23)12-5-4-6-17-7-8-18(16-17)9-13-21(3)14-10-19(22)11-15-21/h9,13,17-19,22-23H,4-8,10-12,14-16H2,1-3H3/b13-9+/t17-,18-,19?,21?/m0/s1. The van der Waals surface area contributed by atoms with E-state index in [-0.39, 0.29) is 6.10 Å². The van der Waals surface area contributed by atoms with E-state index in [0.29, 0.717) is 5.41 Å². The predicted octanol–water partition coefficient (Wildman–Crippen LogP) is 5.23. The SMILES string of the molecule is CC(C)(O)CCCC[C@H]1CC[C@@H](/C=C/C2(C)CCC(O)CC2)C1. The third-order valence-electron chi connectivity index (χ3n) is 6.10. The summed E-state index contributed by atoms with van der Waals surface area (Å²) >= 11 is 0. The summed E-state index contributed by atoms with van der Waals surface area (Å²) < 4.78 is 0. The largest absolute Gasteiger partial charge is 0.393 e. The molecule has 2 heteroatoms. The molecule has 0 radical (unpaired) electrons. The molecule has 2 aliphatic carbocycles. The van der Waals surface area contributed by atoms with Crippen LogP contribution in [0.4, 0.5) is 0 Å². The van der Waals surface area contributed by atoms with E-state index < -0.39 is 5.60 Å². The Balaban J connectivity index is 1.66. The molecule has 2 atom stereocenters. The molecule has 2 rings (SSSR count). The van der Waals surface area contributed by atoms with Crippen LogP contribution in [0.15, 0.2) is 12.2 Å². The lowest BCUT2D eigenvalue weighted by molar-refractivity contribution is 0.0676. The van der Waals surface area contributed by atoms with Gasteiger partial charge in [0.1, 0.15) is 0 Å². The van der Waals surface area contributed by atoms with E-state index in [4.69, 9.17) is 0 Å². The van der Waals surface area contributed by atoms with Gasteiger partial charge in [0.2, 0.25) is 0 Å². The maximum absolute atomic E-state index is 9.76. The Hall–Kier alpha value is -0.340. The molecule has 0 spiro atoms. The minimum atomic E-state index is -0.496. The van der Waals surface area contributed by atoms with Gasteiger partial charge in [-0.3, -0.25) is 0 Å². The number of aliphatic hydroxyl groups excluding tert-OH is 1. The maximum atomic E-state index is 9.76. The summed E-state index contributed by atoms with van der Waals surface area (Å²) in [6.07, 6.45) is 17.9. The van der Waals surface area contributed by atoms with Crippen LogP contribution < -0.4 is 0 Å². The normalized spacial score (nSPS) is 36.0. The lowest BCUT2D eigenvalue weighted by atomic mass is 9.74. The van der Waals surface area contributed by atoms with Crippen molar-refractivity contribution in [2.45, 2.75) is 103 Å². The van der Waals surface area contributed by atoms with Gasteiger partial charge in [0.25, 0.3) is 0 Å². The van der Waals surface area contributed by atoms with Crippen molar-refractivity contribution in [1.29, 1.82) is 0 Å². The van der Waals surface area contributed by atoms with Crippen molar-refractivity contribution in [2.75, 3.05) is 0 Å². The van der Waals surface area contributed by atoms with Crippen LogP contribution in [0.25, 0.3) is 0 Å². The highest BCUT2D eigenvalue weighted by Gasteiger charge is 2.29. The molecule has 0 bridgehead atoms. The third kappa shape index (κ3) is 6.97. The number of aliphatic hydroxyl groups is 2. The van der Waals surface area contributed by atoms with Gasteiger partial charge in [-0.2, -0.15) is 0 Å². The lowest BCUT2D eigenvalue weighted by Crippen LogP contribution is -2.25. The molecule has 2 N–H and O–H groups in total. The van der Waals surface area contributed by atoms with Gasteiger partial charge in [-0.05, 0) is 82.5 Å². The summed E-state index contributed by atoms with van der Waals surface area (Å²) in [5.41, 5.74) is -0.173. The van der Waals surface area contributed by atoms with Crippen LogP contribution in [0.5, 0.6) is 0 Å². The quantitative estimate of drug-likeness (QED) is 0.497. The highest BCUT2D eigenvalue weighted by atomic mass is 16.3. The molecule has 0 saturated heterocycles. The van der Waals surface area contributed by atoms with Gasteiger partial charge in [-0.1, -0.05) is 38.3 Å². The third-order valence-corrected chi connectivity index (χ3v) is 6.10. The first-order chi connectivity index (χ1) is 10.8. The Kier molecular flexibility index (Phi) is 6.74. The molecule has 0 heterocycles. The molecule has 2 nitrogen and oxygen atoms in total. The molecule has 0 aliphatic heterocycles. The minimum Gasteiger partial charge on any atom is -0.393 e. The second-order valence-electron chi connectivity index (χ2n) is 9.24. The molecule has 0 aromatic heterocycles. The van der Waals surface area contributed by atoms with E-state index in [2.05, 4.69) is 19.1 Å². The van der Waals surface area contributed by atoms with Crippen LogP contribution in [0.2, 0.25) is 0 Å². The molecule has 0 aromatic carbocycles. The topological polar surface area (TPSA) is 40.5 Å². The summed E-state index contributed by atoms with van der Waals surface area (Å²) in [5.74, 6) is 1.67. The maximum Gasteiger partial charge on any atom is 0.0591 e. The zero-order chi connectivity index (χ0) is 16.9. The molecule has 0 aromatic rings. The first-order valence-electron chi connectivity index (χ1n) is 9.86. The predicted molar refractivity (Wildman–Crippen MR) is 97.3 cm³/mol. The zero-order valence-electron chi connectivity index (χ0n) is 15.6. The van der Waals surface area contributed by atoms with E-state index >= 15 is 0 Å². The van der Waals surface area contributed by atoms with Crippen molar-refractivity contribution in [2.24, 2.45) is 17.3 Å². The molecular weight excluding hydrogens is 284 g/mol. The van der Waals surface area contributed by atoms with Crippen molar-refractivity contribution in [3.8, 4) is 0 Å². The second-order valence-corrected chi connectivity index (χ2v) is 9.24. The van der Waals surface area contributed by atoms with Crippen LogP contribution in [0, 0.1) is 17.3 Å². The van der Waals surface area contributed by atoms with E-state index in [0.717, 1.165) is 50.4 Å². The van der Waals surface area contributed by atoms with Gasteiger partial charge >= 0.3 is 0 Å². The van der Waals surface area contributed by atoms with Gasteiger partial charge in [-0.15, -0.1) is 0 Å². The minimum absolute atomic E-state index is 0.0590. The highest BCUT2D eigenvalue weighted by molar-refractivity contribution is 5.03. The molecule has 2 saturated carbocycles. The summed E-state index contributed by atoms with van der Waals surface area (Å²) in [5, 5.41) is 19.4. The number of rotatable bonds is 7. The molecular formula is C21H38O2. The summed E-state index contributed by atoms with van der Waals surface area (Å²) in [6.45, 7) is 6.18. The summed E-state index contributed by atoms with van der Waals surface area (Å²) in [7, 11) is 0. The number of unbranched alkanes of at least 4 members (excludes halogenated alkanes) is 1. The second kappa shape index (κ2) is 8.16. The van der Waals surface area contributed by atoms with E-state index in [1.807, 2.05) is 13.8 Å². The van der Waals surface area contributed by atoms with E-state index in [1.54, 1.807) is 0 Å². The monoisotopic (exact) mass is 322 g/mol. The number of hydrogen-bond donors (Lipinski definition) is 2. The van der Waals surface area contributed by atoms with Crippen molar-refractivity contribution < 1.29 is 10.2 Å². The van der Waals surface area contributed by atoms with Gasteiger partial charge in [-0.25, -0.2) is 0 Å². The average Bonchev–Trinajstić information content (AvgIpc) is 2.92. The van der Waals surface area contributed by atoms with Crippen molar-refractivity contribution in [1.82, 2.24) is 0 Å². The van der Waals surface area contributed by atoms with Crippen LogP contribution in [0.1, 0.15) is 91.4 Å². The molecule has 134 valence electrons. The first kappa shape index (κ1) is 19.0. The van der Waals surface area contributed by atoms with Gasteiger partial charge in [0, 0.05) is 0 Å². The summed E-state index contributed by atoms with van der Waals surface area (Å²) in [4.78, 5) is 0. The number of hydrogen-bond acceptors (Lipinski definition) is 2. The average molecular weight is 323 g/mol. The van der Waals surface area contributed by atoms with Crippen LogP contribution in [-0.2, 0) is 0 Å². The smallest absolute Gasteiger partial charge is 0.0591 e. The fraction of sp³-hybridized carbons (Fsp3) is 0.905. The van der Waals surface area contributed by atoms with Crippen molar-refractivity contribution >= 4 is 0 Å². The van der Waals surface area contributed by atoms with Gasteiger partial charge < -0.3 is 10.2 Å². The van der Waals surface area contributed by atoms with E-state index in [1.165, 1.54) is 32.1 Å². The highest BCUT2D eigenvalue weighted by Crippen LogP contribution is 2.40. The Morgan fingerprint density at radius 3 is 2.43 bits per heavy atom. The Morgan fingerprint density at radius 2 is 1.78 bits per heavy atom. The van der Waals surface area contributed by atoms with Gasteiger partial charge in [0.05, 0.1) is 11.7 Å². The van der Waals surface area contributed by atoms with Crippen molar-refractivity contribution in [3.63, 3.8) is 0 Å². The lowest BCUT2D eigenvalue weighted by Gasteiger charge is -2.33. The van der Waals surface area contributed by atoms with E-state index in [9.17, 15) is 10.2 Å². The van der Waals surface area contributed by atoms with Crippen LogP contribution in [0.3, 0.4) is 0 Å². The first-order valence-corrected chi connectivity index (χ1v) is 9.86. The molecule has 23 heavy (non-hydrogen) atoms. The summed E-state index contributed by atoms with van der Waals surface area (Å²) in [6, 6.07) is 0. The molecule has 0 unspecified atom stereocenters. The fourth-order valence-corrected chi connectivity index (χ4v) is 4.34. The van der Waals surface area contributed by atoms with Crippen molar-refractivity contribution in [3.05, 3.63) is 12.2 Å². The molecule has 0 amide bonds. The molecule has 2 aliphatic rings. The zero-order valence-corrected chi connectivity index (χ0v) is 15.6. The fourth-order valence-electron chi connectivity index (χ4n) is 4.34. The van der Waals surface area contributed by atoms with Crippen LogP contribution >= 0.6 is 0 Å². The van der Waals surface area contributed by atoms with Crippen LogP contribution in [-0.4, -0.2) is 21.9 Å².